The number of phenolic OH excluding ortho intramolecular Hbond substituents is 1. The molecule has 0 saturated heterocycles. The molecule has 0 spiro atoms. The summed E-state index contributed by atoms with van der Waals surface area (Å²) in [5.74, 6) is -0.386. The van der Waals surface area contributed by atoms with Crippen LogP contribution in [0.25, 0.3) is 0 Å². The van der Waals surface area contributed by atoms with Crippen LogP contribution >= 0.6 is 0 Å². The van der Waals surface area contributed by atoms with E-state index in [1.807, 2.05) is 0 Å². The smallest absolute Gasteiger partial charge is 0.168 e. The van der Waals surface area contributed by atoms with E-state index in [-0.39, 0.29) is 16.9 Å². The zero-order valence-electron chi connectivity index (χ0n) is 10.7. The van der Waals surface area contributed by atoms with E-state index in [0.717, 1.165) is 37.3 Å². The van der Waals surface area contributed by atoms with Crippen LogP contribution in [0.2, 0.25) is 0 Å². The molecular formula is C14H20FNO2. The van der Waals surface area contributed by atoms with Gasteiger partial charge in [-0.25, -0.2) is 4.39 Å². The Kier molecular flexibility index (Phi) is 3.76. The van der Waals surface area contributed by atoms with Gasteiger partial charge in [-0.05, 0) is 18.9 Å². The van der Waals surface area contributed by atoms with Gasteiger partial charge in [0.25, 0.3) is 0 Å². The first-order chi connectivity index (χ1) is 8.63. The van der Waals surface area contributed by atoms with Crippen LogP contribution in [0.15, 0.2) is 12.1 Å². The molecule has 2 rings (SSSR count). The van der Waals surface area contributed by atoms with E-state index in [9.17, 15) is 9.50 Å². The van der Waals surface area contributed by atoms with Crippen LogP contribution in [0.3, 0.4) is 0 Å². The van der Waals surface area contributed by atoms with Crippen molar-refractivity contribution in [2.24, 2.45) is 5.73 Å². The average molecular weight is 253 g/mol. The second kappa shape index (κ2) is 5.14. The Morgan fingerprint density at radius 1 is 1.33 bits per heavy atom. The minimum absolute atomic E-state index is 0.0133. The second-order valence-corrected chi connectivity index (χ2v) is 5.05. The van der Waals surface area contributed by atoms with E-state index in [2.05, 4.69) is 0 Å². The maximum Gasteiger partial charge on any atom is 0.168 e. The van der Waals surface area contributed by atoms with Gasteiger partial charge in [-0.15, -0.1) is 0 Å². The molecule has 4 heteroatoms. The summed E-state index contributed by atoms with van der Waals surface area (Å²) in [5.41, 5.74) is 6.42. The van der Waals surface area contributed by atoms with Crippen molar-refractivity contribution in [3.8, 4) is 11.5 Å². The van der Waals surface area contributed by atoms with Crippen molar-refractivity contribution in [2.45, 2.75) is 37.5 Å². The monoisotopic (exact) mass is 253 g/mol. The largest absolute Gasteiger partial charge is 0.508 e. The van der Waals surface area contributed by atoms with Crippen molar-refractivity contribution >= 4 is 0 Å². The van der Waals surface area contributed by atoms with E-state index in [1.54, 1.807) is 6.07 Å². The zero-order valence-corrected chi connectivity index (χ0v) is 10.7. The molecule has 0 aromatic heterocycles. The molecule has 1 saturated carbocycles. The number of aromatic hydroxyl groups is 1. The molecule has 1 fully saturated rings. The van der Waals surface area contributed by atoms with Gasteiger partial charge in [-0.1, -0.05) is 19.3 Å². The molecule has 0 unspecified atom stereocenters. The lowest BCUT2D eigenvalue weighted by Crippen LogP contribution is -2.37. The van der Waals surface area contributed by atoms with E-state index in [1.165, 1.54) is 13.5 Å². The zero-order chi connectivity index (χ0) is 13.2. The number of halogens is 1. The molecule has 1 aromatic rings. The first-order valence-corrected chi connectivity index (χ1v) is 6.40. The number of methoxy groups -OCH3 is 1. The summed E-state index contributed by atoms with van der Waals surface area (Å²) >= 11 is 0. The number of hydrogen-bond donors (Lipinski definition) is 2. The van der Waals surface area contributed by atoms with Crippen LogP contribution < -0.4 is 10.5 Å². The van der Waals surface area contributed by atoms with Crippen LogP contribution in [-0.2, 0) is 5.41 Å². The molecule has 100 valence electrons. The molecule has 0 aliphatic heterocycles. The van der Waals surface area contributed by atoms with Gasteiger partial charge < -0.3 is 15.6 Å². The van der Waals surface area contributed by atoms with Crippen molar-refractivity contribution in [1.29, 1.82) is 0 Å². The lowest BCUT2D eigenvalue weighted by molar-refractivity contribution is 0.287. The third-order valence-corrected chi connectivity index (χ3v) is 4.04. The number of ether oxygens (including phenoxy) is 1. The Morgan fingerprint density at radius 3 is 2.56 bits per heavy atom. The van der Waals surface area contributed by atoms with Crippen molar-refractivity contribution in [1.82, 2.24) is 0 Å². The van der Waals surface area contributed by atoms with Gasteiger partial charge in [-0.2, -0.15) is 0 Å². The molecule has 0 amide bonds. The van der Waals surface area contributed by atoms with Gasteiger partial charge in [0, 0.05) is 23.6 Å². The Bertz CT molecular complexity index is 428. The normalized spacial score (nSPS) is 18.6. The van der Waals surface area contributed by atoms with E-state index in [4.69, 9.17) is 10.5 Å². The van der Waals surface area contributed by atoms with Gasteiger partial charge in [0.1, 0.15) is 5.75 Å². The molecule has 1 aliphatic rings. The predicted octanol–water partition coefficient (Wildman–Crippen LogP) is 2.70. The van der Waals surface area contributed by atoms with Gasteiger partial charge in [0.15, 0.2) is 11.6 Å². The maximum atomic E-state index is 13.5. The highest BCUT2D eigenvalue weighted by Crippen LogP contribution is 2.44. The van der Waals surface area contributed by atoms with Gasteiger partial charge >= 0.3 is 0 Å². The van der Waals surface area contributed by atoms with Crippen LogP contribution in [0, 0.1) is 5.82 Å². The minimum atomic E-state index is -0.540. The van der Waals surface area contributed by atoms with Crippen molar-refractivity contribution < 1.29 is 14.2 Å². The Morgan fingerprint density at radius 2 is 2.00 bits per heavy atom. The fourth-order valence-electron chi connectivity index (χ4n) is 2.94. The molecule has 1 aromatic carbocycles. The standard InChI is InChI=1S/C14H20FNO2/c1-18-13-7-10(12(17)8-11(13)15)14(9-16)5-3-2-4-6-14/h7-8,17H,2-6,9,16H2,1H3. The third-order valence-electron chi connectivity index (χ3n) is 4.04. The molecule has 3 nitrogen and oxygen atoms in total. The summed E-state index contributed by atoms with van der Waals surface area (Å²) in [6, 6.07) is 2.73. The number of rotatable bonds is 3. The topological polar surface area (TPSA) is 55.5 Å². The van der Waals surface area contributed by atoms with E-state index >= 15 is 0 Å². The highest BCUT2D eigenvalue weighted by molar-refractivity contribution is 5.45. The first kappa shape index (κ1) is 13.1. The summed E-state index contributed by atoms with van der Waals surface area (Å²) < 4.78 is 18.5. The van der Waals surface area contributed by atoms with Crippen LogP contribution in [0.5, 0.6) is 11.5 Å². The summed E-state index contributed by atoms with van der Waals surface area (Å²) in [4.78, 5) is 0. The lowest BCUT2D eigenvalue weighted by atomic mass is 9.69. The van der Waals surface area contributed by atoms with E-state index < -0.39 is 5.82 Å². The van der Waals surface area contributed by atoms with Crippen molar-refractivity contribution in [3.63, 3.8) is 0 Å². The molecule has 3 N–H and O–H groups in total. The summed E-state index contributed by atoms with van der Waals surface area (Å²) in [7, 11) is 1.43. The average Bonchev–Trinajstić information content (AvgIpc) is 2.39. The Hall–Kier alpha value is -1.29. The van der Waals surface area contributed by atoms with Crippen LogP contribution in [0.1, 0.15) is 37.7 Å². The first-order valence-electron chi connectivity index (χ1n) is 6.40. The molecule has 0 radical (unpaired) electrons. The fraction of sp³-hybridized carbons (Fsp3) is 0.571. The summed E-state index contributed by atoms with van der Waals surface area (Å²) in [5, 5.41) is 10.0. The number of benzene rings is 1. The molecule has 0 heterocycles. The molecule has 0 atom stereocenters. The Labute approximate surface area is 107 Å². The van der Waals surface area contributed by atoms with E-state index in [0.29, 0.717) is 6.54 Å². The molecule has 18 heavy (non-hydrogen) atoms. The number of hydrogen-bond acceptors (Lipinski definition) is 3. The number of nitrogens with two attached hydrogens (primary N) is 1. The molecule has 1 aliphatic carbocycles. The number of phenols is 1. The Balaban J connectivity index is 2.47. The highest BCUT2D eigenvalue weighted by Gasteiger charge is 2.35. The third kappa shape index (κ3) is 2.17. The predicted molar refractivity (Wildman–Crippen MR) is 68.4 cm³/mol. The van der Waals surface area contributed by atoms with Gasteiger partial charge in [0.05, 0.1) is 7.11 Å². The molecule has 0 bridgehead atoms. The van der Waals surface area contributed by atoms with Crippen molar-refractivity contribution in [2.75, 3.05) is 13.7 Å². The SMILES string of the molecule is COc1cc(C2(CN)CCCCC2)c(O)cc1F. The summed E-state index contributed by atoms with van der Waals surface area (Å²) in [6.07, 6.45) is 5.26. The van der Waals surface area contributed by atoms with Crippen LogP contribution in [-0.4, -0.2) is 18.8 Å². The maximum absolute atomic E-state index is 13.5. The van der Waals surface area contributed by atoms with Crippen LogP contribution in [0.4, 0.5) is 4.39 Å². The fourth-order valence-corrected chi connectivity index (χ4v) is 2.94. The quantitative estimate of drug-likeness (QED) is 0.870. The van der Waals surface area contributed by atoms with Gasteiger partial charge in [-0.3, -0.25) is 0 Å². The highest BCUT2D eigenvalue weighted by atomic mass is 19.1. The van der Waals surface area contributed by atoms with Gasteiger partial charge in [0.2, 0.25) is 0 Å². The lowest BCUT2D eigenvalue weighted by Gasteiger charge is -2.37. The molecular weight excluding hydrogens is 233 g/mol. The van der Waals surface area contributed by atoms with Crippen molar-refractivity contribution in [3.05, 3.63) is 23.5 Å². The minimum Gasteiger partial charge on any atom is -0.508 e. The summed E-state index contributed by atoms with van der Waals surface area (Å²) in [6.45, 7) is 0.468. The second-order valence-electron chi connectivity index (χ2n) is 5.05.